The highest BCUT2D eigenvalue weighted by molar-refractivity contribution is 7.90. The topological polar surface area (TPSA) is 44.3 Å². The molecule has 2 atom stereocenters. The van der Waals surface area contributed by atoms with Gasteiger partial charge in [-0.1, -0.05) is 0 Å². The SMILES string of the molecule is CC(C)(C)[S@+]([O-])NC1CCOc2ccc(F)cc21. The summed E-state index contributed by atoms with van der Waals surface area (Å²) in [4.78, 5) is 0. The molecule has 1 aliphatic rings. The first kappa shape index (κ1) is 13.6. The van der Waals surface area contributed by atoms with Gasteiger partial charge in [-0.15, -0.1) is 4.72 Å². The quantitative estimate of drug-likeness (QED) is 0.841. The van der Waals surface area contributed by atoms with E-state index in [1.165, 1.54) is 12.1 Å². The molecule has 0 aromatic heterocycles. The van der Waals surface area contributed by atoms with Crippen LogP contribution in [-0.2, 0) is 11.4 Å². The van der Waals surface area contributed by atoms with E-state index in [-0.39, 0.29) is 16.6 Å². The van der Waals surface area contributed by atoms with Gasteiger partial charge in [-0.25, -0.2) is 4.39 Å². The molecule has 100 valence electrons. The summed E-state index contributed by atoms with van der Waals surface area (Å²) in [7, 11) is 0. The Bertz CT molecular complexity index is 433. The zero-order valence-electron chi connectivity index (χ0n) is 10.8. The van der Waals surface area contributed by atoms with Crippen LogP contribution in [0.2, 0.25) is 0 Å². The van der Waals surface area contributed by atoms with E-state index < -0.39 is 11.4 Å². The van der Waals surface area contributed by atoms with Crippen molar-refractivity contribution in [1.82, 2.24) is 4.72 Å². The van der Waals surface area contributed by atoms with Crippen LogP contribution in [0.25, 0.3) is 0 Å². The van der Waals surface area contributed by atoms with Crippen LogP contribution in [0, 0.1) is 5.82 Å². The summed E-state index contributed by atoms with van der Waals surface area (Å²) in [5.74, 6) is 0.374. The summed E-state index contributed by atoms with van der Waals surface area (Å²) in [6.07, 6.45) is 0.693. The molecule has 0 aliphatic carbocycles. The van der Waals surface area contributed by atoms with Gasteiger partial charge in [0.05, 0.1) is 12.6 Å². The van der Waals surface area contributed by atoms with Gasteiger partial charge < -0.3 is 9.29 Å². The number of hydrogen-bond acceptors (Lipinski definition) is 3. The lowest BCUT2D eigenvalue weighted by Gasteiger charge is -2.31. The molecule has 0 saturated heterocycles. The molecule has 1 aromatic rings. The zero-order valence-corrected chi connectivity index (χ0v) is 11.6. The van der Waals surface area contributed by atoms with Crippen molar-refractivity contribution in [3.63, 3.8) is 0 Å². The summed E-state index contributed by atoms with van der Waals surface area (Å²) in [6, 6.07) is 4.33. The molecular formula is C13H18FNO2S. The van der Waals surface area contributed by atoms with Gasteiger partial charge in [-0.3, -0.25) is 0 Å². The van der Waals surface area contributed by atoms with Gasteiger partial charge in [0.1, 0.15) is 16.3 Å². The molecular weight excluding hydrogens is 253 g/mol. The van der Waals surface area contributed by atoms with E-state index in [9.17, 15) is 8.94 Å². The summed E-state index contributed by atoms with van der Waals surface area (Å²) in [5, 5.41) is 0. The van der Waals surface area contributed by atoms with E-state index in [0.717, 1.165) is 5.56 Å². The normalized spacial score (nSPS) is 21.1. The Labute approximate surface area is 110 Å². The lowest BCUT2D eigenvalue weighted by Crippen LogP contribution is -2.42. The highest BCUT2D eigenvalue weighted by atomic mass is 32.2. The Morgan fingerprint density at radius 3 is 2.83 bits per heavy atom. The maximum Gasteiger partial charge on any atom is 0.136 e. The maximum absolute atomic E-state index is 13.3. The van der Waals surface area contributed by atoms with Crippen molar-refractivity contribution in [3.8, 4) is 5.75 Å². The minimum absolute atomic E-state index is 0.121. The van der Waals surface area contributed by atoms with E-state index in [2.05, 4.69) is 4.72 Å². The second-order valence-corrected chi connectivity index (χ2v) is 7.37. The second-order valence-electron chi connectivity index (χ2n) is 5.37. The summed E-state index contributed by atoms with van der Waals surface area (Å²) >= 11 is -1.18. The first-order valence-corrected chi connectivity index (χ1v) is 7.13. The predicted octanol–water partition coefficient (Wildman–Crippen LogP) is 2.70. The van der Waals surface area contributed by atoms with Gasteiger partial charge in [0, 0.05) is 23.3 Å². The Balaban J connectivity index is 2.20. The minimum Gasteiger partial charge on any atom is -0.598 e. The number of halogens is 1. The smallest absolute Gasteiger partial charge is 0.136 e. The van der Waals surface area contributed by atoms with E-state index >= 15 is 0 Å². The summed E-state index contributed by atoms with van der Waals surface area (Å²) in [5.41, 5.74) is 0.749. The second kappa shape index (κ2) is 5.07. The van der Waals surface area contributed by atoms with Crippen molar-refractivity contribution >= 4 is 11.4 Å². The molecule has 0 amide bonds. The monoisotopic (exact) mass is 271 g/mol. The molecule has 18 heavy (non-hydrogen) atoms. The molecule has 1 aliphatic heterocycles. The van der Waals surface area contributed by atoms with Crippen LogP contribution in [0.3, 0.4) is 0 Å². The maximum atomic E-state index is 13.3. The van der Waals surface area contributed by atoms with Crippen LogP contribution in [0.4, 0.5) is 4.39 Å². The Morgan fingerprint density at radius 1 is 1.44 bits per heavy atom. The van der Waals surface area contributed by atoms with E-state index in [0.29, 0.717) is 18.8 Å². The van der Waals surface area contributed by atoms with Crippen molar-refractivity contribution in [2.45, 2.75) is 38.0 Å². The van der Waals surface area contributed by atoms with Crippen molar-refractivity contribution in [2.24, 2.45) is 0 Å². The first-order chi connectivity index (χ1) is 8.38. The lowest BCUT2D eigenvalue weighted by molar-refractivity contribution is 0.261. The number of rotatable bonds is 2. The molecule has 0 saturated carbocycles. The fourth-order valence-electron chi connectivity index (χ4n) is 1.79. The Morgan fingerprint density at radius 2 is 2.17 bits per heavy atom. The standard InChI is InChI=1S/C13H18FNO2S/c1-13(2,3)18(16)15-11-6-7-17-12-5-4-9(14)8-10(11)12/h4-5,8,11,15H,6-7H2,1-3H3/t11?,18-/m0/s1. The van der Waals surface area contributed by atoms with E-state index in [4.69, 9.17) is 4.74 Å². The van der Waals surface area contributed by atoms with E-state index in [1.807, 2.05) is 20.8 Å². The van der Waals surface area contributed by atoms with Gasteiger partial charge in [0.15, 0.2) is 0 Å². The minimum atomic E-state index is -1.18. The number of ether oxygens (including phenoxy) is 1. The van der Waals surface area contributed by atoms with Crippen molar-refractivity contribution in [2.75, 3.05) is 6.61 Å². The molecule has 1 heterocycles. The molecule has 1 unspecified atom stereocenters. The van der Waals surface area contributed by atoms with E-state index in [1.54, 1.807) is 6.07 Å². The number of hydrogen-bond donors (Lipinski definition) is 1. The molecule has 1 N–H and O–H groups in total. The Hall–Kier alpha value is -0.780. The third-order valence-electron chi connectivity index (χ3n) is 2.82. The number of benzene rings is 1. The molecule has 2 rings (SSSR count). The highest BCUT2D eigenvalue weighted by Gasteiger charge is 2.32. The first-order valence-electron chi connectivity index (χ1n) is 5.98. The van der Waals surface area contributed by atoms with Crippen LogP contribution in [0.1, 0.15) is 38.8 Å². The number of nitrogens with one attached hydrogen (secondary N) is 1. The van der Waals surface area contributed by atoms with Gasteiger partial charge in [0.25, 0.3) is 0 Å². The Kier molecular flexibility index (Phi) is 3.84. The summed E-state index contributed by atoms with van der Waals surface area (Å²) < 4.78 is 33.6. The van der Waals surface area contributed by atoms with Crippen LogP contribution in [0.15, 0.2) is 18.2 Å². The van der Waals surface area contributed by atoms with Gasteiger partial charge in [-0.2, -0.15) is 0 Å². The average Bonchev–Trinajstić information content (AvgIpc) is 2.28. The van der Waals surface area contributed by atoms with Gasteiger partial charge in [0.2, 0.25) is 0 Å². The van der Waals surface area contributed by atoms with Crippen molar-refractivity contribution in [3.05, 3.63) is 29.6 Å². The average molecular weight is 271 g/mol. The van der Waals surface area contributed by atoms with Crippen LogP contribution < -0.4 is 9.46 Å². The van der Waals surface area contributed by atoms with Crippen LogP contribution in [0.5, 0.6) is 5.75 Å². The third-order valence-corrected chi connectivity index (χ3v) is 4.43. The predicted molar refractivity (Wildman–Crippen MR) is 70.3 cm³/mol. The highest BCUT2D eigenvalue weighted by Crippen LogP contribution is 2.33. The molecule has 1 aromatic carbocycles. The number of fused-ring (bicyclic) bond motifs is 1. The lowest BCUT2D eigenvalue weighted by atomic mass is 10.0. The fourth-order valence-corrected chi connectivity index (χ4v) is 2.65. The molecule has 5 heteroatoms. The molecule has 3 nitrogen and oxygen atoms in total. The molecule has 0 radical (unpaired) electrons. The van der Waals surface area contributed by atoms with Gasteiger partial charge in [-0.05, 0) is 39.0 Å². The van der Waals surface area contributed by atoms with Gasteiger partial charge >= 0.3 is 0 Å². The summed E-state index contributed by atoms with van der Waals surface area (Å²) in [6.45, 7) is 6.27. The fraction of sp³-hybridized carbons (Fsp3) is 0.538. The molecule has 0 fully saturated rings. The van der Waals surface area contributed by atoms with Crippen molar-refractivity contribution < 1.29 is 13.7 Å². The largest absolute Gasteiger partial charge is 0.598 e. The zero-order chi connectivity index (χ0) is 13.3. The van der Waals surface area contributed by atoms with Crippen molar-refractivity contribution in [1.29, 1.82) is 0 Å². The van der Waals surface area contributed by atoms with Crippen LogP contribution >= 0.6 is 0 Å². The third kappa shape index (κ3) is 2.96. The molecule has 0 bridgehead atoms. The molecule has 0 spiro atoms. The van der Waals surface area contributed by atoms with Crippen LogP contribution in [-0.4, -0.2) is 15.9 Å².